The van der Waals surface area contributed by atoms with Crippen LogP contribution < -0.4 is 10.5 Å². The van der Waals surface area contributed by atoms with E-state index in [1.807, 2.05) is 31.2 Å². The molecule has 3 heteroatoms. The van der Waals surface area contributed by atoms with Crippen molar-refractivity contribution in [3.63, 3.8) is 0 Å². The molecule has 1 aromatic carbocycles. The van der Waals surface area contributed by atoms with Gasteiger partial charge in [-0.3, -0.25) is 4.39 Å². The van der Waals surface area contributed by atoms with Crippen molar-refractivity contribution < 1.29 is 9.13 Å². The van der Waals surface area contributed by atoms with E-state index in [4.69, 9.17) is 10.5 Å². The van der Waals surface area contributed by atoms with Gasteiger partial charge >= 0.3 is 0 Å². The predicted molar refractivity (Wildman–Crippen MR) is 55.1 cm³/mol. The Morgan fingerprint density at radius 2 is 2.29 bits per heavy atom. The molecule has 0 fully saturated rings. The van der Waals surface area contributed by atoms with Gasteiger partial charge in [0.1, 0.15) is 5.75 Å². The number of hydrogen-bond donors (Lipinski definition) is 1. The van der Waals surface area contributed by atoms with Gasteiger partial charge < -0.3 is 10.5 Å². The lowest BCUT2D eigenvalue weighted by atomic mass is 10.1. The Morgan fingerprint density at radius 1 is 1.50 bits per heavy atom. The zero-order valence-corrected chi connectivity index (χ0v) is 8.37. The van der Waals surface area contributed by atoms with Gasteiger partial charge in [-0.25, -0.2) is 0 Å². The second-order valence-corrected chi connectivity index (χ2v) is 3.09. The summed E-state index contributed by atoms with van der Waals surface area (Å²) in [4.78, 5) is 0. The minimum absolute atomic E-state index is 0.236. The van der Waals surface area contributed by atoms with Crippen LogP contribution in [-0.2, 0) is 0 Å². The topological polar surface area (TPSA) is 35.2 Å². The highest BCUT2D eigenvalue weighted by molar-refractivity contribution is 5.30. The average Bonchev–Trinajstić information content (AvgIpc) is 2.19. The van der Waals surface area contributed by atoms with Gasteiger partial charge in [-0.15, -0.1) is 0 Å². The number of benzene rings is 1. The fourth-order valence-electron chi connectivity index (χ4n) is 1.29. The van der Waals surface area contributed by atoms with Crippen LogP contribution in [0.15, 0.2) is 24.3 Å². The maximum absolute atomic E-state index is 12.1. The molecule has 78 valence electrons. The van der Waals surface area contributed by atoms with E-state index in [1.165, 1.54) is 0 Å². The van der Waals surface area contributed by atoms with Gasteiger partial charge in [-0.05, 0) is 31.0 Å². The molecular weight excluding hydrogens is 181 g/mol. The molecule has 2 nitrogen and oxygen atoms in total. The van der Waals surface area contributed by atoms with Gasteiger partial charge in [0.05, 0.1) is 13.3 Å². The van der Waals surface area contributed by atoms with E-state index in [1.54, 1.807) is 0 Å². The van der Waals surface area contributed by atoms with E-state index in [0.717, 1.165) is 11.3 Å². The van der Waals surface area contributed by atoms with Crippen molar-refractivity contribution >= 4 is 0 Å². The van der Waals surface area contributed by atoms with E-state index < -0.39 is 0 Å². The molecule has 0 saturated carbocycles. The number of halogens is 1. The molecule has 0 spiro atoms. The van der Waals surface area contributed by atoms with Gasteiger partial charge in [0.25, 0.3) is 0 Å². The van der Waals surface area contributed by atoms with Crippen LogP contribution in [-0.4, -0.2) is 13.3 Å². The fourth-order valence-corrected chi connectivity index (χ4v) is 1.29. The van der Waals surface area contributed by atoms with Crippen molar-refractivity contribution in [2.75, 3.05) is 13.3 Å². The van der Waals surface area contributed by atoms with Crippen LogP contribution >= 0.6 is 0 Å². The first-order valence-corrected chi connectivity index (χ1v) is 4.82. The van der Waals surface area contributed by atoms with Crippen LogP contribution in [0, 0.1) is 0 Å². The van der Waals surface area contributed by atoms with Gasteiger partial charge in [0.15, 0.2) is 0 Å². The van der Waals surface area contributed by atoms with Crippen molar-refractivity contribution in [1.82, 2.24) is 0 Å². The van der Waals surface area contributed by atoms with Gasteiger partial charge in [0.2, 0.25) is 0 Å². The van der Waals surface area contributed by atoms with Crippen LogP contribution in [0.4, 0.5) is 4.39 Å². The molecule has 0 aromatic heterocycles. The molecule has 0 heterocycles. The van der Waals surface area contributed by atoms with E-state index in [2.05, 4.69) is 0 Å². The molecule has 0 bridgehead atoms. The van der Waals surface area contributed by atoms with E-state index in [9.17, 15) is 4.39 Å². The van der Waals surface area contributed by atoms with Crippen molar-refractivity contribution in [1.29, 1.82) is 0 Å². The third-order valence-electron chi connectivity index (χ3n) is 2.02. The second-order valence-electron chi connectivity index (χ2n) is 3.09. The highest BCUT2D eigenvalue weighted by Gasteiger charge is 2.06. The van der Waals surface area contributed by atoms with Crippen LogP contribution in [0.5, 0.6) is 5.75 Å². The molecule has 1 aromatic rings. The third kappa shape index (κ3) is 3.00. The second kappa shape index (κ2) is 5.60. The molecule has 0 amide bonds. The Hall–Kier alpha value is -1.09. The molecule has 0 unspecified atom stereocenters. The summed E-state index contributed by atoms with van der Waals surface area (Å²) in [5, 5.41) is 0. The zero-order valence-electron chi connectivity index (χ0n) is 8.37. The Bertz CT molecular complexity index is 278. The maximum Gasteiger partial charge on any atom is 0.119 e. The summed E-state index contributed by atoms with van der Waals surface area (Å²) in [6.07, 6.45) is 0.357. The molecule has 0 aliphatic rings. The highest BCUT2D eigenvalue weighted by Crippen LogP contribution is 2.19. The molecule has 0 aliphatic carbocycles. The van der Waals surface area contributed by atoms with E-state index in [-0.39, 0.29) is 12.7 Å². The molecule has 1 atom stereocenters. The summed E-state index contributed by atoms with van der Waals surface area (Å²) in [6.45, 7) is 2.16. The Kier molecular flexibility index (Phi) is 4.40. The summed E-state index contributed by atoms with van der Waals surface area (Å²) < 4.78 is 17.4. The summed E-state index contributed by atoms with van der Waals surface area (Å²) >= 11 is 0. The molecule has 0 radical (unpaired) electrons. The quantitative estimate of drug-likeness (QED) is 0.786. The lowest BCUT2D eigenvalue weighted by Gasteiger charge is -2.11. The molecule has 14 heavy (non-hydrogen) atoms. The largest absolute Gasteiger partial charge is 0.494 e. The fraction of sp³-hybridized carbons (Fsp3) is 0.455. The standard InChI is InChI=1S/C11H16FNO/c1-2-14-10-5-3-4-9(8-10)11(13)6-7-12/h3-5,8,11H,2,6-7,13H2,1H3/t11-/m0/s1. The van der Waals surface area contributed by atoms with Gasteiger partial charge in [0, 0.05) is 6.04 Å². The molecule has 0 saturated heterocycles. The molecule has 1 rings (SSSR count). The summed E-state index contributed by atoms with van der Waals surface area (Å²) in [5.74, 6) is 0.791. The van der Waals surface area contributed by atoms with Crippen molar-refractivity contribution in [2.24, 2.45) is 5.73 Å². The van der Waals surface area contributed by atoms with Crippen LogP contribution in [0.1, 0.15) is 24.9 Å². The average molecular weight is 197 g/mol. The number of ether oxygens (including phenoxy) is 1. The Morgan fingerprint density at radius 3 is 2.93 bits per heavy atom. The predicted octanol–water partition coefficient (Wildman–Crippen LogP) is 2.44. The molecule has 2 N–H and O–H groups in total. The number of nitrogens with two attached hydrogens (primary N) is 1. The lowest BCUT2D eigenvalue weighted by molar-refractivity contribution is 0.339. The molecule has 0 aliphatic heterocycles. The number of alkyl halides is 1. The first-order valence-electron chi connectivity index (χ1n) is 4.82. The van der Waals surface area contributed by atoms with Crippen molar-refractivity contribution in [3.05, 3.63) is 29.8 Å². The first kappa shape index (κ1) is 11.0. The summed E-state index contributed by atoms with van der Waals surface area (Å²) in [5.41, 5.74) is 6.70. The van der Waals surface area contributed by atoms with E-state index in [0.29, 0.717) is 13.0 Å². The smallest absolute Gasteiger partial charge is 0.119 e. The number of hydrogen-bond acceptors (Lipinski definition) is 2. The minimum Gasteiger partial charge on any atom is -0.494 e. The monoisotopic (exact) mass is 197 g/mol. The van der Waals surface area contributed by atoms with Crippen LogP contribution in [0.2, 0.25) is 0 Å². The van der Waals surface area contributed by atoms with Gasteiger partial charge in [-0.1, -0.05) is 12.1 Å². The van der Waals surface area contributed by atoms with Crippen LogP contribution in [0.3, 0.4) is 0 Å². The maximum atomic E-state index is 12.1. The lowest BCUT2D eigenvalue weighted by Crippen LogP contribution is -2.10. The van der Waals surface area contributed by atoms with Crippen molar-refractivity contribution in [2.45, 2.75) is 19.4 Å². The van der Waals surface area contributed by atoms with E-state index >= 15 is 0 Å². The molecular formula is C11H16FNO. The zero-order chi connectivity index (χ0) is 10.4. The summed E-state index contributed by atoms with van der Waals surface area (Å²) in [6, 6.07) is 7.26. The van der Waals surface area contributed by atoms with Crippen LogP contribution in [0.25, 0.3) is 0 Å². The number of rotatable bonds is 5. The third-order valence-corrected chi connectivity index (χ3v) is 2.02. The Labute approximate surface area is 83.9 Å². The first-order chi connectivity index (χ1) is 6.77. The van der Waals surface area contributed by atoms with Gasteiger partial charge in [-0.2, -0.15) is 0 Å². The summed E-state index contributed by atoms with van der Waals surface area (Å²) in [7, 11) is 0. The highest BCUT2D eigenvalue weighted by atomic mass is 19.1. The Balaban J connectivity index is 2.71. The SMILES string of the molecule is CCOc1cccc([C@@H](N)CCF)c1. The minimum atomic E-state index is -0.389. The normalized spacial score (nSPS) is 12.5. The van der Waals surface area contributed by atoms with Crippen molar-refractivity contribution in [3.8, 4) is 5.75 Å².